The van der Waals surface area contributed by atoms with Gasteiger partial charge in [0, 0.05) is 18.8 Å². The van der Waals surface area contributed by atoms with E-state index in [1.807, 2.05) is 6.92 Å². The lowest BCUT2D eigenvalue weighted by atomic mass is 10.1. The zero-order valence-corrected chi connectivity index (χ0v) is 11.4. The number of nitrogen functional groups attached to an aromatic ring is 1. The Labute approximate surface area is 107 Å². The third-order valence-electron chi connectivity index (χ3n) is 3.39. The highest BCUT2D eigenvalue weighted by atomic mass is 32.2. The lowest BCUT2D eigenvalue weighted by Gasteiger charge is -2.18. The van der Waals surface area contributed by atoms with E-state index >= 15 is 0 Å². The molecule has 0 aromatic heterocycles. The summed E-state index contributed by atoms with van der Waals surface area (Å²) in [4.78, 5) is 0.245. The minimum Gasteiger partial charge on any atom is -0.399 e. The molecule has 3 N–H and O–H groups in total. The van der Waals surface area contributed by atoms with Gasteiger partial charge in [-0.25, -0.2) is 8.42 Å². The van der Waals surface area contributed by atoms with E-state index < -0.39 is 16.1 Å². The standard InChI is InChI=1S/C12H18N2O3S/c1-8-5-10(13)6-12(9(8)2)18(16,17)14-4-3-11(15)7-14/h5-6,11,15H,3-4,7,13H2,1-2H3. The van der Waals surface area contributed by atoms with Crippen molar-refractivity contribution in [2.24, 2.45) is 0 Å². The first-order valence-electron chi connectivity index (χ1n) is 5.87. The maximum atomic E-state index is 12.5. The summed E-state index contributed by atoms with van der Waals surface area (Å²) in [6, 6.07) is 3.25. The van der Waals surface area contributed by atoms with Crippen molar-refractivity contribution in [3.63, 3.8) is 0 Å². The third-order valence-corrected chi connectivity index (χ3v) is 5.38. The minimum atomic E-state index is -3.55. The number of sulfonamides is 1. The summed E-state index contributed by atoms with van der Waals surface area (Å²) >= 11 is 0. The van der Waals surface area contributed by atoms with Crippen LogP contribution in [0.25, 0.3) is 0 Å². The van der Waals surface area contributed by atoms with E-state index in [0.29, 0.717) is 24.2 Å². The second-order valence-corrected chi connectivity index (χ2v) is 6.67. The zero-order chi connectivity index (χ0) is 13.5. The Hall–Kier alpha value is -1.11. The summed E-state index contributed by atoms with van der Waals surface area (Å²) in [5.41, 5.74) is 7.73. The number of hydrogen-bond donors (Lipinski definition) is 2. The molecule has 0 aliphatic carbocycles. The monoisotopic (exact) mass is 270 g/mol. The van der Waals surface area contributed by atoms with E-state index in [-0.39, 0.29) is 11.4 Å². The van der Waals surface area contributed by atoms with Gasteiger partial charge in [0.25, 0.3) is 0 Å². The first-order chi connectivity index (χ1) is 8.32. The van der Waals surface area contributed by atoms with Gasteiger partial charge in [0.2, 0.25) is 10.0 Å². The van der Waals surface area contributed by atoms with Crippen molar-refractivity contribution in [1.29, 1.82) is 0 Å². The highest BCUT2D eigenvalue weighted by Crippen LogP contribution is 2.27. The van der Waals surface area contributed by atoms with E-state index in [2.05, 4.69) is 0 Å². The Kier molecular flexibility index (Phi) is 3.35. The Morgan fingerprint density at radius 1 is 1.39 bits per heavy atom. The predicted octanol–water partition coefficient (Wildman–Crippen LogP) is 0.641. The average molecular weight is 270 g/mol. The van der Waals surface area contributed by atoms with Gasteiger partial charge in [-0.05, 0) is 43.5 Å². The van der Waals surface area contributed by atoms with Crippen molar-refractivity contribution in [2.45, 2.75) is 31.3 Å². The molecule has 100 valence electrons. The molecular formula is C12H18N2O3S. The van der Waals surface area contributed by atoms with Crippen molar-refractivity contribution in [3.8, 4) is 0 Å². The quantitative estimate of drug-likeness (QED) is 0.773. The van der Waals surface area contributed by atoms with Crippen LogP contribution in [0.15, 0.2) is 17.0 Å². The van der Waals surface area contributed by atoms with Crippen molar-refractivity contribution in [1.82, 2.24) is 4.31 Å². The molecule has 1 saturated heterocycles. The number of nitrogens with two attached hydrogens (primary N) is 1. The van der Waals surface area contributed by atoms with Crippen molar-refractivity contribution >= 4 is 15.7 Å². The first kappa shape index (κ1) is 13.3. The molecule has 1 aliphatic heterocycles. The van der Waals surface area contributed by atoms with Crippen LogP contribution in [0.5, 0.6) is 0 Å². The lowest BCUT2D eigenvalue weighted by molar-refractivity contribution is 0.189. The molecule has 18 heavy (non-hydrogen) atoms. The molecule has 1 fully saturated rings. The summed E-state index contributed by atoms with van der Waals surface area (Å²) in [5.74, 6) is 0. The number of anilines is 1. The molecule has 1 heterocycles. The molecule has 0 amide bonds. The number of benzene rings is 1. The second-order valence-electron chi connectivity index (χ2n) is 4.77. The number of aliphatic hydroxyl groups is 1. The smallest absolute Gasteiger partial charge is 0.243 e. The van der Waals surface area contributed by atoms with E-state index in [1.165, 1.54) is 10.4 Å². The summed E-state index contributed by atoms with van der Waals surface area (Å²) in [6.45, 7) is 4.13. The van der Waals surface area contributed by atoms with Crippen LogP contribution in [0.3, 0.4) is 0 Å². The molecule has 1 atom stereocenters. The van der Waals surface area contributed by atoms with Crippen molar-refractivity contribution < 1.29 is 13.5 Å². The van der Waals surface area contributed by atoms with Gasteiger partial charge in [-0.2, -0.15) is 4.31 Å². The largest absolute Gasteiger partial charge is 0.399 e. The fourth-order valence-corrected chi connectivity index (χ4v) is 4.02. The Morgan fingerprint density at radius 2 is 2.06 bits per heavy atom. The summed E-state index contributed by atoms with van der Waals surface area (Å²) in [6.07, 6.45) is -0.0817. The summed E-state index contributed by atoms with van der Waals surface area (Å²) in [7, 11) is -3.55. The number of nitrogens with zero attached hydrogens (tertiary/aromatic N) is 1. The summed E-state index contributed by atoms with van der Waals surface area (Å²) in [5, 5.41) is 9.46. The highest BCUT2D eigenvalue weighted by Gasteiger charge is 2.32. The van der Waals surface area contributed by atoms with Gasteiger partial charge in [0.15, 0.2) is 0 Å². The SMILES string of the molecule is Cc1cc(N)cc(S(=O)(=O)N2CCC(O)C2)c1C. The Balaban J connectivity index is 2.48. The maximum absolute atomic E-state index is 12.5. The van der Waals surface area contributed by atoms with E-state index in [1.54, 1.807) is 13.0 Å². The number of aliphatic hydroxyl groups excluding tert-OH is 1. The molecule has 6 heteroatoms. The molecule has 0 spiro atoms. The van der Waals surface area contributed by atoms with Crippen LogP contribution < -0.4 is 5.73 Å². The van der Waals surface area contributed by atoms with Crippen LogP contribution in [-0.4, -0.2) is 37.0 Å². The molecule has 5 nitrogen and oxygen atoms in total. The molecular weight excluding hydrogens is 252 g/mol. The molecule has 1 unspecified atom stereocenters. The van der Waals surface area contributed by atoms with E-state index in [4.69, 9.17) is 5.73 Å². The van der Waals surface area contributed by atoms with Crippen LogP contribution in [-0.2, 0) is 10.0 Å². The fourth-order valence-electron chi connectivity index (χ4n) is 2.19. The van der Waals surface area contributed by atoms with E-state index in [0.717, 1.165) is 5.56 Å². The third kappa shape index (κ3) is 2.23. The summed E-state index contributed by atoms with van der Waals surface area (Å²) < 4.78 is 26.2. The molecule has 1 aromatic rings. The minimum absolute atomic E-state index is 0.162. The molecule has 0 saturated carbocycles. The molecule has 1 aromatic carbocycles. The topological polar surface area (TPSA) is 83.6 Å². The van der Waals surface area contributed by atoms with Crippen molar-refractivity contribution in [3.05, 3.63) is 23.3 Å². The van der Waals surface area contributed by atoms with Gasteiger partial charge >= 0.3 is 0 Å². The zero-order valence-electron chi connectivity index (χ0n) is 10.5. The molecule has 0 radical (unpaired) electrons. The molecule has 0 bridgehead atoms. The highest BCUT2D eigenvalue weighted by molar-refractivity contribution is 7.89. The lowest BCUT2D eigenvalue weighted by Crippen LogP contribution is -2.30. The fraction of sp³-hybridized carbons (Fsp3) is 0.500. The van der Waals surface area contributed by atoms with Gasteiger partial charge in [-0.1, -0.05) is 0 Å². The van der Waals surface area contributed by atoms with Gasteiger partial charge in [0.1, 0.15) is 0 Å². The Bertz CT molecular complexity index is 569. The molecule has 1 aliphatic rings. The van der Waals surface area contributed by atoms with Crippen molar-refractivity contribution in [2.75, 3.05) is 18.8 Å². The van der Waals surface area contributed by atoms with Gasteiger partial charge < -0.3 is 10.8 Å². The maximum Gasteiger partial charge on any atom is 0.243 e. The van der Waals surface area contributed by atoms with Crippen LogP contribution in [0.1, 0.15) is 17.5 Å². The van der Waals surface area contributed by atoms with Crippen LogP contribution in [0, 0.1) is 13.8 Å². The first-order valence-corrected chi connectivity index (χ1v) is 7.31. The number of β-amino-alcohol motifs (C(OH)–C–C–N with tert-alkyl or cyclic N) is 1. The predicted molar refractivity (Wildman–Crippen MR) is 69.7 cm³/mol. The average Bonchev–Trinajstić information content (AvgIpc) is 2.70. The second kappa shape index (κ2) is 4.53. The van der Waals surface area contributed by atoms with Gasteiger partial charge in [-0.15, -0.1) is 0 Å². The molecule has 2 rings (SSSR count). The van der Waals surface area contributed by atoms with Crippen LogP contribution in [0.2, 0.25) is 0 Å². The Morgan fingerprint density at radius 3 is 2.61 bits per heavy atom. The van der Waals surface area contributed by atoms with Crippen LogP contribution >= 0.6 is 0 Å². The van der Waals surface area contributed by atoms with Gasteiger partial charge in [-0.3, -0.25) is 0 Å². The van der Waals surface area contributed by atoms with E-state index in [9.17, 15) is 13.5 Å². The van der Waals surface area contributed by atoms with Crippen LogP contribution in [0.4, 0.5) is 5.69 Å². The van der Waals surface area contributed by atoms with Gasteiger partial charge in [0.05, 0.1) is 11.0 Å². The number of aryl methyl sites for hydroxylation is 1. The number of rotatable bonds is 2. The number of hydrogen-bond acceptors (Lipinski definition) is 4. The normalized spacial score (nSPS) is 21.4.